The zero-order chi connectivity index (χ0) is 4.28. The standard InChI is InChI=1S/C2H6NPS/c1-5(2)4-3/h1-2H3. The topological polar surface area (TPSA) is 23.8 Å². The van der Waals surface area contributed by atoms with Crippen molar-refractivity contribution < 1.29 is 0 Å². The fraction of sp³-hybridized carbons (Fsp3) is 1.00. The van der Waals surface area contributed by atoms with E-state index in [-0.39, 0.29) is 10.1 Å². The summed E-state index contributed by atoms with van der Waals surface area (Å²) in [6.07, 6.45) is 3.98. The van der Waals surface area contributed by atoms with Crippen LogP contribution in [0, 0.1) is 5.00 Å². The molecule has 0 aromatic heterocycles. The Bertz CT molecular complexity index is 98.6. The van der Waals surface area contributed by atoms with Crippen molar-refractivity contribution in [2.24, 2.45) is 0 Å². The van der Waals surface area contributed by atoms with Gasteiger partial charge in [0.2, 0.25) is 0 Å². The van der Waals surface area contributed by atoms with Crippen molar-refractivity contribution >= 4 is 17.1 Å². The van der Waals surface area contributed by atoms with E-state index in [1.54, 1.807) is 0 Å². The van der Waals surface area contributed by atoms with Crippen molar-refractivity contribution in [3.63, 3.8) is 0 Å². The maximum atomic E-state index is 8.13. The molecular formula is C2H6NPS. The van der Waals surface area contributed by atoms with E-state index in [4.69, 9.17) is 5.00 Å². The molecule has 0 fully saturated rings. The van der Waals surface area contributed by atoms with Crippen LogP contribution in [-0.4, -0.2) is 12.5 Å². The zero-order valence-corrected chi connectivity index (χ0v) is 5.01. The first kappa shape index (κ1) is 5.49. The Labute approximate surface area is 35.4 Å². The van der Waals surface area contributed by atoms with E-state index >= 15 is 0 Å². The van der Waals surface area contributed by atoms with Crippen molar-refractivity contribution in [2.75, 3.05) is 12.5 Å². The molecule has 0 aliphatic carbocycles. The maximum absolute atomic E-state index is 8.13. The Morgan fingerprint density at radius 1 is 1.60 bits per heavy atom. The minimum absolute atomic E-state index is 0.205. The van der Waals surface area contributed by atoms with Gasteiger partial charge < -0.3 is 0 Å². The molecule has 0 radical (unpaired) electrons. The number of hydrogen-bond acceptors (Lipinski definition) is 1. The molecule has 0 spiro atoms. The van der Waals surface area contributed by atoms with Gasteiger partial charge in [0.25, 0.3) is 0 Å². The molecule has 0 atom stereocenters. The van der Waals surface area contributed by atoms with Crippen LogP contribution in [0.15, 0.2) is 0 Å². The van der Waals surface area contributed by atoms with Gasteiger partial charge in [0.1, 0.15) is 0 Å². The minimum atomic E-state index is 0.205. The monoisotopic (exact) mass is 107 g/mol. The van der Waals surface area contributed by atoms with Crippen LogP contribution in [0.1, 0.15) is 0 Å². The van der Waals surface area contributed by atoms with Crippen LogP contribution in [0.3, 0.4) is 0 Å². The summed E-state index contributed by atoms with van der Waals surface area (Å²) in [4.78, 5) is 0. The van der Waals surface area contributed by atoms with Gasteiger partial charge in [0.15, 0.2) is 0 Å². The van der Waals surface area contributed by atoms with Crippen LogP contribution in [0.4, 0.5) is 0 Å². The first-order valence-corrected chi connectivity index (χ1v) is 4.69. The van der Waals surface area contributed by atoms with Crippen LogP contribution in [0.2, 0.25) is 0 Å². The third-order valence-corrected chi connectivity index (χ3v) is 1.47. The summed E-state index contributed by atoms with van der Waals surface area (Å²) in [5, 5.41) is 8.13. The summed E-state index contributed by atoms with van der Waals surface area (Å²) in [5.41, 5.74) is 0. The molecule has 0 aliphatic heterocycles. The molecule has 0 aromatic rings. The van der Waals surface area contributed by atoms with Crippen LogP contribution in [-0.2, 0) is 10.1 Å². The summed E-state index contributed by atoms with van der Waals surface area (Å²) < 4.78 is 0. The molecule has 0 aromatic carbocycles. The van der Waals surface area contributed by atoms with E-state index in [1.165, 1.54) is 0 Å². The molecule has 0 amide bonds. The van der Waals surface area contributed by atoms with E-state index in [0.29, 0.717) is 6.99 Å². The zero-order valence-electron chi connectivity index (χ0n) is 3.30. The van der Waals surface area contributed by atoms with Crippen molar-refractivity contribution in [3.8, 4) is 0 Å². The molecule has 1 nitrogen and oxygen atoms in total. The average molecular weight is 107 g/mol. The van der Waals surface area contributed by atoms with Gasteiger partial charge in [-0.2, -0.15) is 0 Å². The molecule has 3 heteroatoms. The first-order valence-electron chi connectivity index (χ1n) is 1.20. The second kappa shape index (κ2) is 2.71. The summed E-state index contributed by atoms with van der Waals surface area (Å²) in [6.45, 7) is 0.525. The van der Waals surface area contributed by atoms with E-state index in [0.717, 1.165) is 0 Å². The van der Waals surface area contributed by atoms with Gasteiger partial charge in [-0.25, -0.2) is 0 Å². The molecule has 0 bridgehead atoms. The van der Waals surface area contributed by atoms with Gasteiger partial charge in [0, 0.05) is 0 Å². The Kier molecular flexibility index (Phi) is 2.98. The average Bonchev–Trinajstić information content (AvgIpc) is 1.38. The molecule has 0 unspecified atom stereocenters. The van der Waals surface area contributed by atoms with Crippen LogP contribution in [0.5, 0.6) is 0 Å². The fourth-order valence-corrected chi connectivity index (χ4v) is 0. The Balaban J connectivity index is 3.79. The summed E-state index contributed by atoms with van der Waals surface area (Å²) in [5.74, 6) is 0. The predicted molar refractivity (Wildman–Crippen MR) is 27.9 cm³/mol. The Morgan fingerprint density at radius 3 is 1.80 bits per heavy atom. The predicted octanol–water partition coefficient (Wildman–Crippen LogP) is 1.20. The summed E-state index contributed by atoms with van der Waals surface area (Å²) >= 11 is 0. The van der Waals surface area contributed by atoms with Gasteiger partial charge in [0.05, 0.1) is 0 Å². The van der Waals surface area contributed by atoms with Gasteiger partial charge in [-0.15, -0.1) is 0 Å². The first-order chi connectivity index (χ1) is 2.27. The second-order valence-corrected chi connectivity index (χ2v) is 5.25. The van der Waals surface area contributed by atoms with Crippen molar-refractivity contribution in [2.45, 2.75) is 0 Å². The van der Waals surface area contributed by atoms with Gasteiger partial charge in [-0.05, 0) is 0 Å². The summed E-state index contributed by atoms with van der Waals surface area (Å²) in [7, 11) is 0.205. The molecule has 0 heterocycles. The van der Waals surface area contributed by atoms with Crippen LogP contribution < -0.4 is 0 Å². The second-order valence-electron chi connectivity index (χ2n) is 0.855. The molecule has 0 aliphatic rings. The molecule has 5 heavy (non-hydrogen) atoms. The Morgan fingerprint density at radius 2 is 1.80 bits per heavy atom. The quantitative estimate of drug-likeness (QED) is 0.427. The normalized spacial score (nSPS) is 8.40. The SMILES string of the molecule is CS(C)=P#N. The molecular weight excluding hydrogens is 101 g/mol. The van der Waals surface area contributed by atoms with E-state index < -0.39 is 0 Å². The number of nitrogens with zero attached hydrogens (tertiary/aromatic N) is 1. The van der Waals surface area contributed by atoms with E-state index in [9.17, 15) is 0 Å². The molecule has 30 valence electrons. The van der Waals surface area contributed by atoms with Gasteiger partial charge in [-0.1, -0.05) is 0 Å². The molecule has 0 rings (SSSR count). The molecule has 0 saturated heterocycles. The van der Waals surface area contributed by atoms with Crippen molar-refractivity contribution in [3.05, 3.63) is 0 Å². The van der Waals surface area contributed by atoms with E-state index in [2.05, 4.69) is 0 Å². The van der Waals surface area contributed by atoms with Gasteiger partial charge in [-0.3, -0.25) is 0 Å². The number of rotatable bonds is 0. The summed E-state index contributed by atoms with van der Waals surface area (Å²) in [6, 6.07) is 0. The third-order valence-electron chi connectivity index (χ3n) is 0.163. The number of hydrogen-bond donors (Lipinski definition) is 0. The van der Waals surface area contributed by atoms with Crippen LogP contribution in [0.25, 0.3) is 0 Å². The van der Waals surface area contributed by atoms with Crippen LogP contribution >= 0.6 is 6.99 Å². The van der Waals surface area contributed by atoms with Crippen molar-refractivity contribution in [1.82, 2.24) is 0 Å². The van der Waals surface area contributed by atoms with Crippen molar-refractivity contribution in [1.29, 1.82) is 5.00 Å². The molecule has 0 saturated carbocycles. The fourth-order valence-electron chi connectivity index (χ4n) is 0. The third kappa shape index (κ3) is 4.49. The van der Waals surface area contributed by atoms with Gasteiger partial charge >= 0.3 is 34.6 Å². The molecule has 0 N–H and O–H groups in total. The van der Waals surface area contributed by atoms with E-state index in [1.807, 2.05) is 12.5 Å². The Hall–Kier alpha value is 0.490.